The van der Waals surface area contributed by atoms with Crippen molar-refractivity contribution in [2.45, 2.75) is 44.2 Å². The summed E-state index contributed by atoms with van der Waals surface area (Å²) in [6.45, 7) is 2.05. The molecule has 0 radical (unpaired) electrons. The number of benzene rings is 1. The summed E-state index contributed by atoms with van der Waals surface area (Å²) in [6.07, 6.45) is 3.42. The first-order valence-electron chi connectivity index (χ1n) is 7.24. The Morgan fingerprint density at radius 3 is 2.57 bits per heavy atom. The van der Waals surface area contributed by atoms with E-state index in [2.05, 4.69) is 0 Å². The van der Waals surface area contributed by atoms with Gasteiger partial charge >= 0.3 is 0 Å². The lowest BCUT2D eigenvalue weighted by molar-refractivity contribution is 0.00851. The largest absolute Gasteiger partial charge is 0.389 e. The average molecular weight is 297 g/mol. The Hall–Kier alpha value is -1.33. The second-order valence-electron chi connectivity index (χ2n) is 6.01. The van der Waals surface area contributed by atoms with Crippen molar-refractivity contribution >= 4 is 5.78 Å². The zero-order valence-electron chi connectivity index (χ0n) is 12.4. The molecule has 0 amide bonds. The molecule has 0 saturated heterocycles. The van der Waals surface area contributed by atoms with Crippen LogP contribution in [0.25, 0.3) is 0 Å². The first-order chi connectivity index (χ1) is 9.82. The molecule has 3 nitrogen and oxygen atoms in total. The lowest BCUT2D eigenvalue weighted by Crippen LogP contribution is -2.46. The smallest absolute Gasteiger partial charge is 0.182 e. The molecule has 1 atom stereocenters. The molecule has 5 heteroatoms. The molecule has 1 saturated carbocycles. The van der Waals surface area contributed by atoms with Crippen molar-refractivity contribution in [1.82, 2.24) is 4.90 Å². The van der Waals surface area contributed by atoms with Crippen LogP contribution in [0.2, 0.25) is 0 Å². The fraction of sp³-hybridized carbons (Fsp3) is 0.562. The van der Waals surface area contributed by atoms with E-state index in [1.165, 1.54) is 6.07 Å². The zero-order chi connectivity index (χ0) is 15.6. The van der Waals surface area contributed by atoms with Crippen molar-refractivity contribution in [2.75, 3.05) is 13.6 Å². The molecule has 0 aromatic heterocycles. The Balaban J connectivity index is 2.07. The number of likely N-dealkylation sites (N-methyl/N-ethyl adjacent to an activating group) is 1. The highest BCUT2D eigenvalue weighted by Gasteiger charge is 2.34. The van der Waals surface area contributed by atoms with E-state index in [9.17, 15) is 18.7 Å². The van der Waals surface area contributed by atoms with Gasteiger partial charge in [-0.25, -0.2) is 8.78 Å². The van der Waals surface area contributed by atoms with Crippen LogP contribution in [0.15, 0.2) is 18.2 Å². The highest BCUT2D eigenvalue weighted by Crippen LogP contribution is 2.30. The van der Waals surface area contributed by atoms with E-state index in [4.69, 9.17) is 0 Å². The Bertz CT molecular complexity index is 527. The number of hydrogen-bond acceptors (Lipinski definition) is 3. The molecule has 1 aromatic rings. The molecule has 0 heterocycles. The van der Waals surface area contributed by atoms with Gasteiger partial charge in [0.1, 0.15) is 11.6 Å². The number of rotatable bonds is 5. The molecule has 1 aliphatic carbocycles. The van der Waals surface area contributed by atoms with Gasteiger partial charge in [-0.15, -0.1) is 0 Å². The van der Waals surface area contributed by atoms with Crippen LogP contribution >= 0.6 is 0 Å². The van der Waals surface area contributed by atoms with Crippen LogP contribution in [0.1, 0.15) is 43.0 Å². The summed E-state index contributed by atoms with van der Waals surface area (Å²) in [6, 6.07) is 2.38. The van der Waals surface area contributed by atoms with E-state index in [0.717, 1.165) is 31.7 Å². The predicted molar refractivity (Wildman–Crippen MR) is 76.2 cm³/mol. The second-order valence-corrected chi connectivity index (χ2v) is 6.01. The third-order valence-electron chi connectivity index (χ3n) is 4.32. The molecule has 1 fully saturated rings. The fourth-order valence-corrected chi connectivity index (χ4v) is 2.91. The topological polar surface area (TPSA) is 40.5 Å². The normalized spacial score (nSPS) is 19.0. The summed E-state index contributed by atoms with van der Waals surface area (Å²) in [5.74, 6) is -1.96. The van der Waals surface area contributed by atoms with Gasteiger partial charge < -0.3 is 5.11 Å². The summed E-state index contributed by atoms with van der Waals surface area (Å²) in [5, 5.41) is 10.4. The van der Waals surface area contributed by atoms with Crippen molar-refractivity contribution in [3.63, 3.8) is 0 Å². The molecule has 1 N–H and O–H groups in total. The number of aliphatic hydroxyl groups is 1. The van der Waals surface area contributed by atoms with E-state index in [-0.39, 0.29) is 5.56 Å². The molecule has 0 bridgehead atoms. The summed E-state index contributed by atoms with van der Waals surface area (Å²) in [4.78, 5) is 14.0. The van der Waals surface area contributed by atoms with E-state index in [0.29, 0.717) is 12.6 Å². The quantitative estimate of drug-likeness (QED) is 0.850. The van der Waals surface area contributed by atoms with Gasteiger partial charge in [0, 0.05) is 12.6 Å². The van der Waals surface area contributed by atoms with E-state index in [1.54, 1.807) is 18.9 Å². The number of carbonyl (C=O) groups excluding carboxylic acids is 1. The fourth-order valence-electron chi connectivity index (χ4n) is 2.91. The highest BCUT2D eigenvalue weighted by atomic mass is 19.1. The van der Waals surface area contributed by atoms with Crippen molar-refractivity contribution < 1.29 is 18.7 Å². The Morgan fingerprint density at radius 1 is 1.38 bits per heavy atom. The molecule has 2 rings (SSSR count). The number of carbonyl (C=O) groups is 1. The van der Waals surface area contributed by atoms with Gasteiger partial charge in [0.25, 0.3) is 0 Å². The van der Waals surface area contributed by atoms with Gasteiger partial charge in [0.15, 0.2) is 5.78 Å². The third kappa shape index (κ3) is 3.66. The first kappa shape index (κ1) is 16.0. The zero-order valence-corrected chi connectivity index (χ0v) is 12.4. The minimum atomic E-state index is -0.847. The maximum atomic E-state index is 13.7. The minimum absolute atomic E-state index is 0.117. The molecule has 1 aliphatic rings. The van der Waals surface area contributed by atoms with Gasteiger partial charge in [-0.2, -0.15) is 0 Å². The molecule has 1 unspecified atom stereocenters. The van der Waals surface area contributed by atoms with Crippen LogP contribution in [0.3, 0.4) is 0 Å². The molecule has 0 aliphatic heterocycles. The monoisotopic (exact) mass is 297 g/mol. The minimum Gasteiger partial charge on any atom is -0.389 e. The van der Waals surface area contributed by atoms with Crippen molar-refractivity contribution in [1.29, 1.82) is 0 Å². The lowest BCUT2D eigenvalue weighted by atomic mass is 9.99. The maximum Gasteiger partial charge on any atom is 0.182 e. The Labute approximate surface area is 123 Å². The van der Waals surface area contributed by atoms with Crippen LogP contribution in [0.4, 0.5) is 8.78 Å². The highest BCUT2D eigenvalue weighted by molar-refractivity contribution is 6.00. The van der Waals surface area contributed by atoms with Crippen LogP contribution in [-0.2, 0) is 0 Å². The Kier molecular flexibility index (Phi) is 4.74. The molecule has 21 heavy (non-hydrogen) atoms. The molecule has 0 spiro atoms. The molecule has 1 aromatic carbocycles. The van der Waals surface area contributed by atoms with Gasteiger partial charge in [-0.1, -0.05) is 12.8 Å². The lowest BCUT2D eigenvalue weighted by Gasteiger charge is -2.32. The number of Topliss-reactive ketones (excluding diaryl/α,β-unsaturated/α-hetero) is 1. The van der Waals surface area contributed by atoms with E-state index in [1.807, 2.05) is 0 Å². The summed E-state index contributed by atoms with van der Waals surface area (Å²) in [7, 11) is 1.74. The van der Waals surface area contributed by atoms with Crippen molar-refractivity contribution in [3.05, 3.63) is 35.4 Å². The number of ketones is 1. The summed E-state index contributed by atoms with van der Waals surface area (Å²) < 4.78 is 26.6. The maximum absolute atomic E-state index is 13.7. The molecular formula is C16H21F2NO2. The van der Waals surface area contributed by atoms with Crippen molar-refractivity contribution in [2.24, 2.45) is 0 Å². The van der Waals surface area contributed by atoms with E-state index < -0.39 is 29.1 Å². The van der Waals surface area contributed by atoms with Crippen molar-refractivity contribution in [3.8, 4) is 0 Å². The first-order valence-corrected chi connectivity index (χ1v) is 7.24. The molecular weight excluding hydrogens is 276 g/mol. The number of hydrogen-bond donors (Lipinski definition) is 1. The number of halogens is 2. The van der Waals surface area contributed by atoms with Gasteiger partial charge in [-0.05, 0) is 38.9 Å². The van der Waals surface area contributed by atoms with Gasteiger partial charge in [0.2, 0.25) is 0 Å². The average Bonchev–Trinajstić information content (AvgIpc) is 2.83. The van der Waals surface area contributed by atoms with E-state index >= 15 is 0 Å². The van der Waals surface area contributed by atoms with Crippen LogP contribution in [0, 0.1) is 11.6 Å². The van der Waals surface area contributed by atoms with Crippen LogP contribution < -0.4 is 0 Å². The van der Waals surface area contributed by atoms with Crippen LogP contribution in [-0.4, -0.2) is 41.0 Å². The van der Waals surface area contributed by atoms with Gasteiger partial charge in [0.05, 0.1) is 17.2 Å². The van der Waals surface area contributed by atoms with Crippen LogP contribution in [0.5, 0.6) is 0 Å². The third-order valence-corrected chi connectivity index (χ3v) is 4.32. The second kappa shape index (κ2) is 6.20. The molecule has 116 valence electrons. The summed E-state index contributed by atoms with van der Waals surface area (Å²) in [5.41, 5.74) is -0.876. The SMILES string of the molecule is CC(C(=O)c1ccc(F)cc1F)N(C)CC1(O)CCCC1. The standard InChI is InChI=1S/C16H21F2NO2/c1-11(19(2)10-16(21)7-3-4-8-16)15(20)13-6-5-12(17)9-14(13)18/h5-6,9,11,21H,3-4,7-8,10H2,1-2H3. The Morgan fingerprint density at radius 2 is 2.00 bits per heavy atom. The predicted octanol–water partition coefficient (Wildman–Crippen LogP) is 2.77. The number of nitrogens with zero attached hydrogens (tertiary/aromatic N) is 1. The summed E-state index contributed by atoms with van der Waals surface area (Å²) >= 11 is 0. The van der Waals surface area contributed by atoms with Gasteiger partial charge in [-0.3, -0.25) is 9.69 Å².